The molecule has 1 aromatic heterocycles. The molecule has 0 bridgehead atoms. The van der Waals surface area contributed by atoms with Gasteiger partial charge >= 0.3 is 0 Å². The standard InChI is InChI=1S/C10H17N5O/c16-9(11-10-12-14-15-13-10)7-6-8-4-2-1-3-5-8/h8H,1-7H2,(H2,11,12,13,14,15,16)/p-1. The molecule has 0 saturated heterocycles. The van der Waals surface area contributed by atoms with E-state index in [1.165, 1.54) is 32.1 Å². The minimum absolute atomic E-state index is 0.133. The van der Waals surface area contributed by atoms with Crippen molar-refractivity contribution in [1.29, 1.82) is 0 Å². The lowest BCUT2D eigenvalue weighted by molar-refractivity contribution is -0.218. The first-order valence-corrected chi connectivity index (χ1v) is 5.82. The van der Waals surface area contributed by atoms with Crippen LogP contribution in [0, 0.1) is 5.92 Å². The molecule has 0 atom stereocenters. The van der Waals surface area contributed by atoms with Crippen molar-refractivity contribution in [1.82, 2.24) is 20.6 Å². The van der Waals surface area contributed by atoms with Crippen molar-refractivity contribution in [2.24, 2.45) is 10.9 Å². The third-order valence-corrected chi connectivity index (χ3v) is 3.05. The molecule has 6 heteroatoms. The van der Waals surface area contributed by atoms with Crippen molar-refractivity contribution in [3.8, 4) is 0 Å². The number of H-pyrrole nitrogens is 1. The van der Waals surface area contributed by atoms with E-state index >= 15 is 0 Å². The number of nitrogens with zero attached hydrogens (tertiary/aromatic N) is 4. The zero-order valence-corrected chi connectivity index (χ0v) is 9.22. The second kappa shape index (κ2) is 5.58. The van der Waals surface area contributed by atoms with E-state index in [9.17, 15) is 5.11 Å². The average molecular weight is 222 g/mol. The fraction of sp³-hybridized carbons (Fsp3) is 0.800. The number of aromatic nitrogens is 4. The topological polar surface area (TPSA) is 89.9 Å². The van der Waals surface area contributed by atoms with Crippen molar-refractivity contribution < 1.29 is 5.11 Å². The lowest BCUT2D eigenvalue weighted by Gasteiger charge is -2.22. The maximum absolute atomic E-state index is 11.5. The molecule has 88 valence electrons. The van der Waals surface area contributed by atoms with Crippen LogP contribution in [0.4, 0.5) is 5.95 Å². The molecule has 16 heavy (non-hydrogen) atoms. The smallest absolute Gasteiger partial charge is 0.287 e. The number of aromatic amines is 1. The summed E-state index contributed by atoms with van der Waals surface area (Å²) in [5.74, 6) is 0.693. The van der Waals surface area contributed by atoms with Gasteiger partial charge in [0.1, 0.15) is 0 Å². The Bertz CT molecular complexity index is 329. The van der Waals surface area contributed by atoms with E-state index in [1.807, 2.05) is 0 Å². The lowest BCUT2D eigenvalue weighted by atomic mass is 9.86. The number of tetrazole rings is 1. The Hall–Kier alpha value is -1.46. The summed E-state index contributed by atoms with van der Waals surface area (Å²) in [5, 5.41) is 24.3. The molecule has 1 fully saturated rings. The normalized spacial score (nSPS) is 18.9. The minimum Gasteiger partial charge on any atom is -0.862 e. The van der Waals surface area contributed by atoms with Crippen LogP contribution in [-0.2, 0) is 0 Å². The highest BCUT2D eigenvalue weighted by atomic mass is 16.3. The largest absolute Gasteiger partial charge is 0.862 e. The van der Waals surface area contributed by atoms with E-state index in [0.717, 1.165) is 6.42 Å². The first-order valence-electron chi connectivity index (χ1n) is 5.82. The number of aliphatic imine (C=N–C) groups is 1. The number of rotatable bonds is 4. The van der Waals surface area contributed by atoms with Gasteiger partial charge in [0, 0.05) is 0 Å². The fourth-order valence-corrected chi connectivity index (χ4v) is 2.17. The second-order valence-corrected chi connectivity index (χ2v) is 4.26. The Balaban J connectivity index is 1.76. The molecule has 1 saturated carbocycles. The van der Waals surface area contributed by atoms with Crippen LogP contribution < -0.4 is 5.11 Å². The predicted molar refractivity (Wildman–Crippen MR) is 57.1 cm³/mol. The molecule has 6 nitrogen and oxygen atoms in total. The highest BCUT2D eigenvalue weighted by Gasteiger charge is 2.12. The van der Waals surface area contributed by atoms with Crippen molar-refractivity contribution in [3.63, 3.8) is 0 Å². The van der Waals surface area contributed by atoms with Crippen LogP contribution in [0.15, 0.2) is 4.99 Å². The molecule has 0 spiro atoms. The molecule has 0 unspecified atom stereocenters. The summed E-state index contributed by atoms with van der Waals surface area (Å²) in [5.41, 5.74) is 0. The van der Waals surface area contributed by atoms with Crippen LogP contribution in [0.5, 0.6) is 0 Å². The Morgan fingerprint density at radius 1 is 1.38 bits per heavy atom. The number of hydrogen-bond acceptors (Lipinski definition) is 5. The van der Waals surface area contributed by atoms with Crippen molar-refractivity contribution in [2.75, 3.05) is 0 Å². The van der Waals surface area contributed by atoms with E-state index in [2.05, 4.69) is 25.6 Å². The van der Waals surface area contributed by atoms with Gasteiger partial charge in [0.25, 0.3) is 5.95 Å². The van der Waals surface area contributed by atoms with Crippen molar-refractivity contribution >= 4 is 11.8 Å². The summed E-state index contributed by atoms with van der Waals surface area (Å²) in [6.07, 6.45) is 7.92. The molecule has 0 radical (unpaired) electrons. The molecular formula is C10H16N5O-. The van der Waals surface area contributed by atoms with Gasteiger partial charge in [-0.15, -0.1) is 5.10 Å². The van der Waals surface area contributed by atoms with Crippen LogP contribution in [0.1, 0.15) is 44.9 Å². The minimum atomic E-state index is -0.146. The molecule has 0 amide bonds. The maximum Gasteiger partial charge on any atom is 0.287 e. The summed E-state index contributed by atoms with van der Waals surface area (Å²) in [6.45, 7) is 0. The Kier molecular flexibility index (Phi) is 3.85. The second-order valence-electron chi connectivity index (χ2n) is 4.26. The summed E-state index contributed by atoms with van der Waals surface area (Å²) >= 11 is 0. The Morgan fingerprint density at radius 3 is 2.88 bits per heavy atom. The zero-order valence-electron chi connectivity index (χ0n) is 9.22. The van der Waals surface area contributed by atoms with Gasteiger partial charge in [0.15, 0.2) is 0 Å². The van der Waals surface area contributed by atoms with Crippen molar-refractivity contribution in [3.05, 3.63) is 0 Å². The average Bonchev–Trinajstić information content (AvgIpc) is 2.81. The van der Waals surface area contributed by atoms with Crippen LogP contribution in [0.2, 0.25) is 0 Å². The van der Waals surface area contributed by atoms with Gasteiger partial charge in [-0.05, 0) is 29.9 Å². The number of nitrogens with one attached hydrogen (secondary N) is 1. The highest BCUT2D eigenvalue weighted by Crippen LogP contribution is 2.27. The van der Waals surface area contributed by atoms with Crippen LogP contribution in [0.3, 0.4) is 0 Å². The first-order chi connectivity index (χ1) is 7.84. The van der Waals surface area contributed by atoms with E-state index < -0.39 is 0 Å². The summed E-state index contributed by atoms with van der Waals surface area (Å²) in [4.78, 5) is 3.75. The molecule has 1 heterocycles. The zero-order chi connectivity index (χ0) is 11.2. The predicted octanol–water partition coefficient (Wildman–Crippen LogP) is 0.950. The Labute approximate surface area is 94.2 Å². The Morgan fingerprint density at radius 2 is 2.19 bits per heavy atom. The van der Waals surface area contributed by atoms with Gasteiger partial charge in [-0.2, -0.15) is 5.21 Å². The third-order valence-electron chi connectivity index (χ3n) is 3.05. The SMILES string of the molecule is [O-]C(CCC1CCCCC1)=Nc1nn[nH]n1. The molecule has 1 N–H and O–H groups in total. The summed E-state index contributed by atoms with van der Waals surface area (Å²) in [7, 11) is 0. The van der Waals surface area contributed by atoms with Gasteiger partial charge in [-0.1, -0.05) is 37.2 Å². The summed E-state index contributed by atoms with van der Waals surface area (Å²) < 4.78 is 0. The third kappa shape index (κ3) is 3.29. The van der Waals surface area contributed by atoms with Gasteiger partial charge in [0.2, 0.25) is 0 Å². The molecule has 2 rings (SSSR count). The molecule has 1 aliphatic carbocycles. The molecule has 1 aromatic rings. The van der Waals surface area contributed by atoms with E-state index in [0.29, 0.717) is 12.3 Å². The fourth-order valence-electron chi connectivity index (χ4n) is 2.17. The molecule has 0 aromatic carbocycles. The molecular weight excluding hydrogens is 206 g/mol. The molecule has 0 aliphatic heterocycles. The first kappa shape index (κ1) is 11.0. The van der Waals surface area contributed by atoms with Gasteiger partial charge in [0.05, 0.1) is 0 Å². The van der Waals surface area contributed by atoms with Crippen LogP contribution in [0.25, 0.3) is 0 Å². The quantitative estimate of drug-likeness (QED) is 0.606. The highest BCUT2D eigenvalue weighted by molar-refractivity contribution is 5.73. The van der Waals surface area contributed by atoms with E-state index in [1.54, 1.807) is 0 Å². The van der Waals surface area contributed by atoms with Gasteiger partial charge in [-0.3, -0.25) is 0 Å². The van der Waals surface area contributed by atoms with Gasteiger partial charge < -0.3 is 5.11 Å². The monoisotopic (exact) mass is 222 g/mol. The maximum atomic E-state index is 11.5. The lowest BCUT2D eigenvalue weighted by Crippen LogP contribution is -2.19. The van der Waals surface area contributed by atoms with Gasteiger partial charge in [-0.25, -0.2) is 4.99 Å². The van der Waals surface area contributed by atoms with E-state index in [4.69, 9.17) is 0 Å². The van der Waals surface area contributed by atoms with Crippen LogP contribution >= 0.6 is 0 Å². The number of hydrogen-bond donors (Lipinski definition) is 1. The van der Waals surface area contributed by atoms with E-state index in [-0.39, 0.29) is 11.8 Å². The van der Waals surface area contributed by atoms with Crippen LogP contribution in [-0.4, -0.2) is 26.5 Å². The van der Waals surface area contributed by atoms with Crippen molar-refractivity contribution in [2.45, 2.75) is 44.9 Å². The summed E-state index contributed by atoms with van der Waals surface area (Å²) in [6, 6.07) is 0. The molecule has 1 aliphatic rings.